The van der Waals surface area contributed by atoms with Crippen LogP contribution in [0, 0.1) is 0 Å². The summed E-state index contributed by atoms with van der Waals surface area (Å²) in [6, 6.07) is 18.2. The summed E-state index contributed by atoms with van der Waals surface area (Å²) in [7, 11) is 0. The van der Waals surface area contributed by atoms with Crippen LogP contribution in [0.25, 0.3) is 33.8 Å². The third kappa shape index (κ3) is 5.28. The van der Waals surface area contributed by atoms with Crippen molar-refractivity contribution in [3.05, 3.63) is 95.2 Å². The van der Waals surface area contributed by atoms with Crippen LogP contribution in [-0.4, -0.2) is 46.6 Å². The molecule has 2 aromatic carbocycles. The number of H-pyrrole nitrogens is 1. The van der Waals surface area contributed by atoms with Crippen molar-refractivity contribution in [3.63, 3.8) is 0 Å². The standard InChI is InChI=1S/C29H27N9O3/c1-17(2)38-24-13-20(10-11-21(24)26(40)37-38)32-29-31-15-22(28-36-35-27(41-28)19-9-6-12-30-14-19)25(34-29)33-23(16-39)18-7-4-3-5-8-18/h3-15,17,23,39H,16H2,1-2H3,(H,37,40)(H2,31,32,33,34)/t23-/m1/s1. The van der Waals surface area contributed by atoms with Crippen LogP contribution in [0.4, 0.5) is 17.5 Å². The molecule has 0 aliphatic heterocycles. The van der Waals surface area contributed by atoms with Gasteiger partial charge >= 0.3 is 0 Å². The summed E-state index contributed by atoms with van der Waals surface area (Å²) in [6.45, 7) is 3.81. The first-order chi connectivity index (χ1) is 20.0. The zero-order chi connectivity index (χ0) is 28.3. The number of hydrogen-bond acceptors (Lipinski definition) is 10. The van der Waals surface area contributed by atoms with Gasteiger partial charge in [0.15, 0.2) is 0 Å². The third-order valence-electron chi connectivity index (χ3n) is 6.54. The highest BCUT2D eigenvalue weighted by Gasteiger charge is 2.20. The molecule has 12 heteroatoms. The van der Waals surface area contributed by atoms with E-state index in [0.717, 1.165) is 11.1 Å². The fourth-order valence-electron chi connectivity index (χ4n) is 4.50. The average Bonchev–Trinajstić information content (AvgIpc) is 3.62. The molecule has 6 aromatic rings. The number of aromatic amines is 1. The number of anilines is 3. The lowest BCUT2D eigenvalue weighted by molar-refractivity contribution is 0.276. The Morgan fingerprint density at radius 3 is 2.61 bits per heavy atom. The highest BCUT2D eigenvalue weighted by atomic mass is 16.4. The maximum atomic E-state index is 12.4. The first-order valence-electron chi connectivity index (χ1n) is 13.0. The van der Waals surface area contributed by atoms with Gasteiger partial charge in [0, 0.05) is 30.3 Å². The van der Waals surface area contributed by atoms with Crippen LogP contribution >= 0.6 is 0 Å². The van der Waals surface area contributed by atoms with Crippen LogP contribution in [0.15, 0.2) is 88.5 Å². The number of nitrogens with zero attached hydrogens (tertiary/aromatic N) is 6. The first kappa shape index (κ1) is 25.9. The Balaban J connectivity index is 1.38. The van der Waals surface area contributed by atoms with Crippen molar-refractivity contribution >= 4 is 28.4 Å². The molecule has 0 bridgehead atoms. The molecule has 4 N–H and O–H groups in total. The lowest BCUT2D eigenvalue weighted by Crippen LogP contribution is -2.17. The van der Waals surface area contributed by atoms with Crippen molar-refractivity contribution in [1.82, 2.24) is 34.9 Å². The predicted molar refractivity (Wildman–Crippen MR) is 155 cm³/mol. The number of fused-ring (bicyclic) bond motifs is 1. The van der Waals surface area contributed by atoms with Crippen molar-refractivity contribution in [3.8, 4) is 22.9 Å². The van der Waals surface area contributed by atoms with Crippen molar-refractivity contribution in [2.24, 2.45) is 0 Å². The topological polar surface area (TPSA) is 160 Å². The van der Waals surface area contributed by atoms with E-state index in [1.54, 1.807) is 36.8 Å². The smallest absolute Gasteiger partial charge is 0.271 e. The minimum Gasteiger partial charge on any atom is -0.416 e. The van der Waals surface area contributed by atoms with Crippen LogP contribution in [0.3, 0.4) is 0 Å². The Labute approximate surface area is 234 Å². The Hall–Kier alpha value is -5.36. The van der Waals surface area contributed by atoms with Crippen LogP contribution in [-0.2, 0) is 0 Å². The molecule has 41 heavy (non-hydrogen) atoms. The molecule has 0 saturated heterocycles. The summed E-state index contributed by atoms with van der Waals surface area (Å²) in [5.74, 6) is 1.19. The Bertz CT molecular complexity index is 1850. The molecule has 0 spiro atoms. The normalized spacial score (nSPS) is 12.1. The van der Waals surface area contributed by atoms with Gasteiger partial charge in [-0.05, 0) is 49.7 Å². The minimum absolute atomic E-state index is 0.0705. The van der Waals surface area contributed by atoms with Crippen molar-refractivity contribution < 1.29 is 9.52 Å². The second-order valence-electron chi connectivity index (χ2n) is 9.66. The first-order valence-corrected chi connectivity index (χ1v) is 13.0. The molecular formula is C29H27N9O3. The van der Waals surface area contributed by atoms with Crippen molar-refractivity contribution in [1.29, 1.82) is 0 Å². The molecule has 0 saturated carbocycles. The van der Waals surface area contributed by atoms with Crippen molar-refractivity contribution in [2.45, 2.75) is 25.9 Å². The second-order valence-corrected chi connectivity index (χ2v) is 9.66. The van der Waals surface area contributed by atoms with Gasteiger partial charge in [-0.3, -0.25) is 19.6 Å². The fraction of sp³-hybridized carbons (Fsp3) is 0.172. The summed E-state index contributed by atoms with van der Waals surface area (Å²) in [5, 5.41) is 28.6. The largest absolute Gasteiger partial charge is 0.416 e. The quantitative estimate of drug-likeness (QED) is 0.199. The molecule has 0 amide bonds. The molecule has 0 fully saturated rings. The number of aliphatic hydroxyl groups is 1. The number of nitrogens with one attached hydrogen (secondary N) is 3. The van der Waals surface area contributed by atoms with Gasteiger partial charge in [0.1, 0.15) is 5.82 Å². The van der Waals surface area contributed by atoms with Crippen LogP contribution in [0.2, 0.25) is 0 Å². The predicted octanol–water partition coefficient (Wildman–Crippen LogP) is 4.70. The molecule has 6 rings (SSSR count). The van der Waals surface area contributed by atoms with Gasteiger partial charge in [-0.2, -0.15) is 4.98 Å². The summed E-state index contributed by atoms with van der Waals surface area (Å²) < 4.78 is 7.78. The number of pyridine rings is 1. The molecule has 0 aliphatic rings. The van der Waals surface area contributed by atoms with E-state index in [1.165, 1.54) is 0 Å². The summed E-state index contributed by atoms with van der Waals surface area (Å²) >= 11 is 0. The van der Waals surface area contributed by atoms with Gasteiger partial charge in [-0.15, -0.1) is 10.2 Å². The number of aliphatic hydroxyl groups excluding tert-OH is 1. The van der Waals surface area contributed by atoms with Crippen LogP contribution < -0.4 is 16.2 Å². The molecule has 206 valence electrons. The zero-order valence-corrected chi connectivity index (χ0v) is 22.3. The van der Waals surface area contributed by atoms with E-state index in [2.05, 4.69) is 35.9 Å². The van der Waals surface area contributed by atoms with Gasteiger partial charge in [0.2, 0.25) is 11.8 Å². The molecule has 12 nitrogen and oxygen atoms in total. The number of hydrogen-bond donors (Lipinski definition) is 4. The number of aromatic nitrogens is 7. The van der Waals surface area contributed by atoms with E-state index in [1.807, 2.05) is 61.0 Å². The Morgan fingerprint density at radius 2 is 1.85 bits per heavy atom. The highest BCUT2D eigenvalue weighted by Crippen LogP contribution is 2.31. The van der Waals surface area contributed by atoms with E-state index in [9.17, 15) is 9.90 Å². The highest BCUT2D eigenvalue weighted by molar-refractivity contribution is 5.83. The third-order valence-corrected chi connectivity index (χ3v) is 6.54. The lowest BCUT2D eigenvalue weighted by atomic mass is 10.1. The Kier molecular flexibility index (Phi) is 6.96. The van der Waals surface area contributed by atoms with Gasteiger partial charge in [-0.1, -0.05) is 30.3 Å². The van der Waals surface area contributed by atoms with E-state index < -0.39 is 6.04 Å². The molecule has 4 aromatic heterocycles. The molecule has 4 heterocycles. The van der Waals surface area contributed by atoms with E-state index in [-0.39, 0.29) is 24.1 Å². The minimum atomic E-state index is -0.463. The van der Waals surface area contributed by atoms with E-state index in [0.29, 0.717) is 39.9 Å². The van der Waals surface area contributed by atoms with E-state index in [4.69, 9.17) is 9.40 Å². The monoisotopic (exact) mass is 549 g/mol. The molecule has 0 unspecified atom stereocenters. The number of benzene rings is 2. The average molecular weight is 550 g/mol. The van der Waals surface area contributed by atoms with Crippen molar-refractivity contribution in [2.75, 3.05) is 17.2 Å². The molecular weight excluding hydrogens is 522 g/mol. The molecule has 0 aliphatic carbocycles. The fourth-order valence-corrected chi connectivity index (χ4v) is 4.50. The second kappa shape index (κ2) is 11.0. The maximum absolute atomic E-state index is 12.4. The molecule has 1 atom stereocenters. The lowest BCUT2D eigenvalue weighted by Gasteiger charge is -2.19. The van der Waals surface area contributed by atoms with Crippen LogP contribution in [0.5, 0.6) is 0 Å². The van der Waals surface area contributed by atoms with Gasteiger partial charge in [-0.25, -0.2) is 4.98 Å². The summed E-state index contributed by atoms with van der Waals surface area (Å²) in [4.78, 5) is 25.7. The maximum Gasteiger partial charge on any atom is 0.271 e. The number of rotatable bonds is 9. The molecule has 0 radical (unpaired) electrons. The van der Waals surface area contributed by atoms with E-state index >= 15 is 0 Å². The van der Waals surface area contributed by atoms with Crippen LogP contribution in [0.1, 0.15) is 31.5 Å². The van der Waals surface area contributed by atoms with Gasteiger partial charge in [0.05, 0.1) is 34.7 Å². The zero-order valence-electron chi connectivity index (χ0n) is 22.3. The summed E-state index contributed by atoms with van der Waals surface area (Å²) in [5.41, 5.74) is 3.33. The SMILES string of the molecule is CC(C)n1[nH]c(=O)c2ccc(Nc3ncc(-c4nnc(-c5cccnc5)o4)c(N[C@H](CO)c4ccccc4)n3)cc21. The Morgan fingerprint density at radius 1 is 1.02 bits per heavy atom. The summed E-state index contributed by atoms with van der Waals surface area (Å²) in [6.07, 6.45) is 4.88. The van der Waals surface area contributed by atoms with Gasteiger partial charge in [0.25, 0.3) is 11.4 Å². The van der Waals surface area contributed by atoms with Gasteiger partial charge < -0.3 is 20.2 Å².